The number of nitro benzene ring substituents is 1. The van der Waals surface area contributed by atoms with Crippen molar-refractivity contribution in [2.24, 2.45) is 0 Å². The van der Waals surface area contributed by atoms with Crippen LogP contribution in [0.5, 0.6) is 11.5 Å². The molecule has 1 atom stereocenters. The summed E-state index contributed by atoms with van der Waals surface area (Å²) in [5.74, 6) is 0.634. The third-order valence-corrected chi connectivity index (χ3v) is 4.39. The second-order valence-electron chi connectivity index (χ2n) is 6.17. The highest BCUT2D eigenvalue weighted by Crippen LogP contribution is 2.29. The summed E-state index contributed by atoms with van der Waals surface area (Å²) < 4.78 is 10.5. The van der Waals surface area contributed by atoms with Crippen molar-refractivity contribution in [1.82, 2.24) is 4.90 Å². The Bertz CT molecular complexity index is 965. The molecular weight excluding hydrogens is 374 g/mol. The molecule has 0 N–H and O–H groups in total. The van der Waals surface area contributed by atoms with Gasteiger partial charge in [0.05, 0.1) is 18.1 Å². The summed E-state index contributed by atoms with van der Waals surface area (Å²) >= 11 is 0. The molecule has 0 bridgehead atoms. The number of nitro groups is 1. The fourth-order valence-corrected chi connectivity index (χ4v) is 2.61. The minimum Gasteiger partial charge on any atom is -0.493 e. The maximum Gasteiger partial charge on any atom is 0.269 e. The van der Waals surface area contributed by atoms with Crippen molar-refractivity contribution in [2.75, 3.05) is 20.8 Å². The first-order chi connectivity index (χ1) is 13.9. The highest BCUT2D eigenvalue weighted by atomic mass is 16.6. The molecule has 0 aromatic heterocycles. The first kappa shape index (κ1) is 21.4. The quantitative estimate of drug-likeness (QED) is 0.383. The Morgan fingerprint density at radius 2 is 2.07 bits per heavy atom. The third-order valence-electron chi connectivity index (χ3n) is 4.39. The number of amides is 1. The second-order valence-corrected chi connectivity index (χ2v) is 6.17. The van der Waals surface area contributed by atoms with Crippen molar-refractivity contribution in [1.29, 1.82) is 5.26 Å². The summed E-state index contributed by atoms with van der Waals surface area (Å²) in [7, 11) is 3.12. The molecule has 8 nitrogen and oxygen atoms in total. The normalized spacial score (nSPS) is 11.5. The van der Waals surface area contributed by atoms with Gasteiger partial charge in [-0.3, -0.25) is 14.9 Å². The highest BCUT2D eigenvalue weighted by Gasteiger charge is 2.17. The molecule has 0 saturated heterocycles. The van der Waals surface area contributed by atoms with Crippen molar-refractivity contribution in [2.45, 2.75) is 13.0 Å². The largest absolute Gasteiger partial charge is 0.493 e. The topological polar surface area (TPSA) is 106 Å². The lowest BCUT2D eigenvalue weighted by Crippen LogP contribution is -2.28. The molecule has 0 radical (unpaired) electrons. The van der Waals surface area contributed by atoms with Crippen LogP contribution in [-0.2, 0) is 4.79 Å². The number of hydrogen-bond donors (Lipinski definition) is 0. The van der Waals surface area contributed by atoms with Gasteiger partial charge in [0.2, 0.25) is 5.91 Å². The molecule has 0 fully saturated rings. The Balaban J connectivity index is 2.12. The minimum atomic E-state index is -0.463. The van der Waals surface area contributed by atoms with E-state index in [0.717, 1.165) is 5.56 Å². The van der Waals surface area contributed by atoms with Crippen LogP contribution in [0, 0.1) is 21.4 Å². The van der Waals surface area contributed by atoms with E-state index >= 15 is 0 Å². The number of ether oxygens (including phenoxy) is 2. The molecule has 8 heteroatoms. The van der Waals surface area contributed by atoms with E-state index in [1.54, 1.807) is 50.4 Å². The van der Waals surface area contributed by atoms with Gasteiger partial charge in [0.1, 0.15) is 6.07 Å². The predicted molar refractivity (Wildman–Crippen MR) is 107 cm³/mol. The minimum absolute atomic E-state index is 0.0171. The van der Waals surface area contributed by atoms with Gasteiger partial charge in [-0.1, -0.05) is 18.2 Å². The third kappa shape index (κ3) is 5.56. The summed E-state index contributed by atoms with van der Waals surface area (Å²) in [6, 6.07) is 12.9. The molecule has 0 aliphatic rings. The Morgan fingerprint density at radius 3 is 2.72 bits per heavy atom. The van der Waals surface area contributed by atoms with Gasteiger partial charge in [-0.15, -0.1) is 0 Å². The zero-order chi connectivity index (χ0) is 21.4. The van der Waals surface area contributed by atoms with E-state index in [-0.39, 0.29) is 24.2 Å². The van der Waals surface area contributed by atoms with Crippen LogP contribution in [-0.4, -0.2) is 36.5 Å². The Labute approximate surface area is 168 Å². The van der Waals surface area contributed by atoms with Crippen LogP contribution in [0.15, 0.2) is 48.5 Å². The number of rotatable bonds is 8. The van der Waals surface area contributed by atoms with Gasteiger partial charge >= 0.3 is 0 Å². The first-order valence-corrected chi connectivity index (χ1v) is 8.74. The Hall–Kier alpha value is -3.86. The smallest absolute Gasteiger partial charge is 0.269 e. The van der Waals surface area contributed by atoms with Crippen LogP contribution in [0.25, 0.3) is 6.08 Å². The van der Waals surface area contributed by atoms with E-state index in [9.17, 15) is 14.9 Å². The maximum atomic E-state index is 12.5. The van der Waals surface area contributed by atoms with Gasteiger partial charge in [0.25, 0.3) is 5.69 Å². The summed E-state index contributed by atoms with van der Waals surface area (Å²) in [6.07, 6.45) is 3.05. The van der Waals surface area contributed by atoms with E-state index in [2.05, 4.69) is 0 Å². The van der Waals surface area contributed by atoms with Gasteiger partial charge in [-0.2, -0.15) is 5.26 Å². The fourth-order valence-electron chi connectivity index (χ4n) is 2.61. The predicted octanol–water partition coefficient (Wildman–Crippen LogP) is 3.74. The lowest BCUT2D eigenvalue weighted by molar-refractivity contribution is -0.384. The van der Waals surface area contributed by atoms with E-state index in [4.69, 9.17) is 14.7 Å². The van der Waals surface area contributed by atoms with Gasteiger partial charge in [-0.25, -0.2) is 0 Å². The number of nitriles is 1. The van der Waals surface area contributed by atoms with Crippen molar-refractivity contribution in [3.63, 3.8) is 0 Å². The average molecular weight is 395 g/mol. The molecule has 1 unspecified atom stereocenters. The molecule has 0 spiro atoms. The molecule has 2 aromatic carbocycles. The molecule has 2 aromatic rings. The molecule has 0 aliphatic heterocycles. The van der Waals surface area contributed by atoms with Gasteiger partial charge in [-0.05, 0) is 36.3 Å². The van der Waals surface area contributed by atoms with Crippen LogP contribution >= 0.6 is 0 Å². The molecule has 0 aliphatic carbocycles. The standard InChI is InChI=1S/C21H21N3O5/c1-15(17-5-4-6-18(14-17)24(26)27)23(2)21(25)10-8-16-7-9-19(29-12-11-22)20(13-16)28-3/h4-10,13-15H,12H2,1-3H3/b10-8+. The number of likely N-dealkylation sites (N-methyl/N-ethyl adjacent to an activating group) is 1. The molecule has 150 valence electrons. The zero-order valence-electron chi connectivity index (χ0n) is 16.4. The number of carbonyl (C=O) groups is 1. The molecule has 1 amide bonds. The summed E-state index contributed by atoms with van der Waals surface area (Å²) in [5.41, 5.74) is 1.37. The molecular formula is C21H21N3O5. The molecule has 29 heavy (non-hydrogen) atoms. The number of methoxy groups -OCH3 is 1. The van der Waals surface area contributed by atoms with Crippen molar-refractivity contribution in [3.05, 3.63) is 69.8 Å². The highest BCUT2D eigenvalue weighted by molar-refractivity contribution is 5.92. The van der Waals surface area contributed by atoms with Crippen molar-refractivity contribution >= 4 is 17.7 Å². The van der Waals surface area contributed by atoms with Gasteiger partial charge < -0.3 is 14.4 Å². The molecule has 0 heterocycles. The number of non-ortho nitro benzene ring substituents is 1. The van der Waals surface area contributed by atoms with E-state index in [1.165, 1.54) is 30.2 Å². The number of hydrogen-bond acceptors (Lipinski definition) is 6. The second kappa shape index (κ2) is 9.90. The maximum absolute atomic E-state index is 12.5. The fraction of sp³-hybridized carbons (Fsp3) is 0.238. The first-order valence-electron chi connectivity index (χ1n) is 8.74. The van der Waals surface area contributed by atoms with Crippen LogP contribution in [0.2, 0.25) is 0 Å². The Kier molecular flexibility index (Phi) is 7.32. The number of benzene rings is 2. The SMILES string of the molecule is COc1cc(/C=C/C(=O)N(C)C(C)c2cccc([N+](=O)[O-])c2)ccc1OCC#N. The van der Waals surface area contributed by atoms with Gasteiger partial charge in [0, 0.05) is 25.3 Å². The van der Waals surface area contributed by atoms with Crippen LogP contribution in [0.4, 0.5) is 5.69 Å². The lowest BCUT2D eigenvalue weighted by Gasteiger charge is -2.24. The van der Waals surface area contributed by atoms with Crippen LogP contribution < -0.4 is 9.47 Å². The van der Waals surface area contributed by atoms with E-state index in [1.807, 2.05) is 6.07 Å². The number of carbonyl (C=O) groups excluding carboxylic acids is 1. The molecule has 0 saturated carbocycles. The summed E-state index contributed by atoms with van der Waals surface area (Å²) in [4.78, 5) is 24.5. The van der Waals surface area contributed by atoms with Crippen molar-refractivity contribution in [3.8, 4) is 17.6 Å². The van der Waals surface area contributed by atoms with Crippen LogP contribution in [0.1, 0.15) is 24.1 Å². The van der Waals surface area contributed by atoms with E-state index in [0.29, 0.717) is 17.1 Å². The van der Waals surface area contributed by atoms with E-state index < -0.39 is 4.92 Å². The summed E-state index contributed by atoms with van der Waals surface area (Å²) in [6.45, 7) is 1.71. The zero-order valence-corrected chi connectivity index (χ0v) is 16.4. The number of nitrogens with zero attached hydrogens (tertiary/aromatic N) is 3. The average Bonchev–Trinajstić information content (AvgIpc) is 2.75. The summed E-state index contributed by atoms with van der Waals surface area (Å²) in [5, 5.41) is 19.6. The van der Waals surface area contributed by atoms with Crippen molar-refractivity contribution < 1.29 is 19.2 Å². The lowest BCUT2D eigenvalue weighted by atomic mass is 10.1. The Morgan fingerprint density at radius 1 is 1.31 bits per heavy atom. The monoisotopic (exact) mass is 395 g/mol. The molecule has 2 rings (SSSR count). The van der Waals surface area contributed by atoms with Crippen LogP contribution in [0.3, 0.4) is 0 Å². The van der Waals surface area contributed by atoms with Gasteiger partial charge in [0.15, 0.2) is 18.1 Å².